The summed E-state index contributed by atoms with van der Waals surface area (Å²) >= 11 is 6.02. The van der Waals surface area contributed by atoms with E-state index in [1.165, 1.54) is 0 Å². The zero-order valence-corrected chi connectivity index (χ0v) is 15.2. The van der Waals surface area contributed by atoms with Crippen LogP contribution in [0, 0.1) is 0 Å². The molecule has 0 aliphatic carbocycles. The van der Waals surface area contributed by atoms with Crippen LogP contribution in [0.25, 0.3) is 0 Å². The quantitative estimate of drug-likeness (QED) is 0.890. The van der Waals surface area contributed by atoms with Gasteiger partial charge in [-0.25, -0.2) is 9.97 Å². The minimum atomic E-state index is -0.160. The molecule has 0 atom stereocenters. The average molecular weight is 374 g/mol. The Morgan fingerprint density at radius 1 is 1.15 bits per heavy atom. The monoisotopic (exact) mass is 373 g/mol. The number of aromatic nitrogens is 2. The summed E-state index contributed by atoms with van der Waals surface area (Å²) in [6.07, 6.45) is 3.74. The van der Waals surface area contributed by atoms with Crippen LogP contribution >= 0.6 is 11.6 Å². The van der Waals surface area contributed by atoms with E-state index in [-0.39, 0.29) is 11.8 Å². The van der Waals surface area contributed by atoms with Gasteiger partial charge in [0.1, 0.15) is 0 Å². The number of hydrogen-bond donors (Lipinski definition) is 1. The van der Waals surface area contributed by atoms with Crippen LogP contribution in [0.2, 0.25) is 5.02 Å². The maximum atomic E-state index is 12.9. The van der Waals surface area contributed by atoms with Gasteiger partial charge < -0.3 is 15.1 Å². The molecule has 7 nitrogen and oxygen atoms in total. The standard InChI is InChI=1S/C18H20ClN5O2/c1-2-16(25)22-15-12-13(19)4-5-14(15)17(26)23-8-10-24(11-9-23)18-20-6-3-7-21-18/h3-7,12H,2,8-11H2,1H3,(H,22,25). The van der Waals surface area contributed by atoms with Crippen molar-refractivity contribution in [2.45, 2.75) is 13.3 Å². The zero-order valence-electron chi connectivity index (χ0n) is 14.5. The first kappa shape index (κ1) is 18.1. The van der Waals surface area contributed by atoms with Crippen molar-refractivity contribution < 1.29 is 9.59 Å². The van der Waals surface area contributed by atoms with E-state index < -0.39 is 0 Å². The van der Waals surface area contributed by atoms with Gasteiger partial charge in [-0.2, -0.15) is 0 Å². The number of nitrogens with one attached hydrogen (secondary N) is 1. The van der Waals surface area contributed by atoms with Crippen molar-refractivity contribution in [1.29, 1.82) is 0 Å². The lowest BCUT2D eigenvalue weighted by atomic mass is 10.1. The first-order valence-electron chi connectivity index (χ1n) is 8.49. The van der Waals surface area contributed by atoms with Gasteiger partial charge in [-0.1, -0.05) is 18.5 Å². The van der Waals surface area contributed by atoms with Gasteiger partial charge in [0.25, 0.3) is 5.91 Å². The van der Waals surface area contributed by atoms with E-state index in [2.05, 4.69) is 15.3 Å². The van der Waals surface area contributed by atoms with Crippen molar-refractivity contribution in [3.63, 3.8) is 0 Å². The third kappa shape index (κ3) is 4.11. The normalized spacial score (nSPS) is 14.2. The third-order valence-corrected chi connectivity index (χ3v) is 4.44. The van der Waals surface area contributed by atoms with Crippen LogP contribution in [0.4, 0.5) is 11.6 Å². The molecule has 0 spiro atoms. The Kier molecular flexibility index (Phi) is 5.68. The van der Waals surface area contributed by atoms with E-state index >= 15 is 0 Å². The summed E-state index contributed by atoms with van der Waals surface area (Å²) in [5.41, 5.74) is 0.892. The second kappa shape index (κ2) is 8.14. The lowest BCUT2D eigenvalue weighted by molar-refractivity contribution is -0.115. The van der Waals surface area contributed by atoms with E-state index in [0.29, 0.717) is 54.8 Å². The number of benzene rings is 1. The second-order valence-corrected chi connectivity index (χ2v) is 6.36. The molecule has 0 bridgehead atoms. The highest BCUT2D eigenvalue weighted by Crippen LogP contribution is 2.23. The molecule has 1 aliphatic rings. The molecular weight excluding hydrogens is 354 g/mol. The van der Waals surface area contributed by atoms with Crippen molar-refractivity contribution in [2.24, 2.45) is 0 Å². The summed E-state index contributed by atoms with van der Waals surface area (Å²) in [7, 11) is 0. The molecule has 2 heterocycles. The Labute approximate surface area is 157 Å². The van der Waals surface area contributed by atoms with E-state index in [4.69, 9.17) is 11.6 Å². The van der Waals surface area contributed by atoms with Crippen molar-refractivity contribution in [3.05, 3.63) is 47.2 Å². The summed E-state index contributed by atoms with van der Waals surface area (Å²) in [4.78, 5) is 37.0. The minimum absolute atomic E-state index is 0.123. The second-order valence-electron chi connectivity index (χ2n) is 5.92. The van der Waals surface area contributed by atoms with Crippen LogP contribution in [0.1, 0.15) is 23.7 Å². The largest absolute Gasteiger partial charge is 0.337 e. The van der Waals surface area contributed by atoms with Crippen LogP contribution in [0.5, 0.6) is 0 Å². The van der Waals surface area contributed by atoms with Gasteiger partial charge in [0.15, 0.2) is 0 Å². The van der Waals surface area contributed by atoms with E-state index in [1.54, 1.807) is 48.5 Å². The summed E-state index contributed by atoms with van der Waals surface area (Å²) < 4.78 is 0. The molecule has 1 aromatic carbocycles. The maximum Gasteiger partial charge on any atom is 0.256 e. The highest BCUT2D eigenvalue weighted by molar-refractivity contribution is 6.31. The molecule has 2 amide bonds. The highest BCUT2D eigenvalue weighted by Gasteiger charge is 2.25. The van der Waals surface area contributed by atoms with Gasteiger partial charge in [-0.05, 0) is 24.3 Å². The predicted octanol–water partition coefficient (Wildman–Crippen LogP) is 2.44. The summed E-state index contributed by atoms with van der Waals surface area (Å²) in [6.45, 7) is 4.17. The Morgan fingerprint density at radius 2 is 1.85 bits per heavy atom. The number of carbonyl (C=O) groups excluding carboxylic acids is 2. The average Bonchev–Trinajstić information content (AvgIpc) is 2.68. The van der Waals surface area contributed by atoms with E-state index in [0.717, 1.165) is 0 Å². The first-order valence-corrected chi connectivity index (χ1v) is 8.87. The molecule has 1 saturated heterocycles. The van der Waals surface area contributed by atoms with Crippen molar-refractivity contribution in [1.82, 2.24) is 14.9 Å². The maximum absolute atomic E-state index is 12.9. The van der Waals surface area contributed by atoms with Gasteiger partial charge in [0.2, 0.25) is 11.9 Å². The lowest BCUT2D eigenvalue weighted by Crippen LogP contribution is -2.49. The van der Waals surface area contributed by atoms with Gasteiger partial charge in [-0.3, -0.25) is 9.59 Å². The van der Waals surface area contributed by atoms with Gasteiger partial charge in [0.05, 0.1) is 11.3 Å². The molecule has 3 rings (SSSR count). The number of hydrogen-bond acceptors (Lipinski definition) is 5. The molecule has 1 fully saturated rings. The third-order valence-electron chi connectivity index (χ3n) is 4.21. The Balaban J connectivity index is 1.71. The van der Waals surface area contributed by atoms with Crippen molar-refractivity contribution in [3.8, 4) is 0 Å². The minimum Gasteiger partial charge on any atom is -0.337 e. The SMILES string of the molecule is CCC(=O)Nc1cc(Cl)ccc1C(=O)N1CCN(c2ncccn2)CC1. The Morgan fingerprint density at radius 3 is 2.50 bits per heavy atom. The lowest BCUT2D eigenvalue weighted by Gasteiger charge is -2.35. The van der Waals surface area contributed by atoms with Crippen LogP contribution in [-0.2, 0) is 4.79 Å². The first-order chi connectivity index (χ1) is 12.6. The van der Waals surface area contributed by atoms with Crippen LogP contribution < -0.4 is 10.2 Å². The van der Waals surface area contributed by atoms with Gasteiger partial charge in [-0.15, -0.1) is 0 Å². The van der Waals surface area contributed by atoms with E-state index in [1.807, 2.05) is 4.90 Å². The molecule has 0 saturated carbocycles. The molecular formula is C18H20ClN5O2. The fourth-order valence-corrected chi connectivity index (χ4v) is 2.95. The molecule has 136 valence electrons. The topological polar surface area (TPSA) is 78.4 Å². The predicted molar refractivity (Wildman–Crippen MR) is 101 cm³/mol. The molecule has 8 heteroatoms. The summed E-state index contributed by atoms with van der Waals surface area (Å²) in [5, 5.41) is 3.23. The molecule has 1 aliphatic heterocycles. The number of piperazine rings is 1. The number of carbonyl (C=O) groups is 2. The number of nitrogens with zero attached hydrogens (tertiary/aromatic N) is 4. The number of rotatable bonds is 4. The molecule has 1 aromatic heterocycles. The molecule has 1 N–H and O–H groups in total. The fraction of sp³-hybridized carbons (Fsp3) is 0.333. The van der Waals surface area contributed by atoms with Crippen LogP contribution in [-0.4, -0.2) is 52.9 Å². The van der Waals surface area contributed by atoms with Gasteiger partial charge in [0, 0.05) is 50.0 Å². The van der Waals surface area contributed by atoms with E-state index in [9.17, 15) is 9.59 Å². The summed E-state index contributed by atoms with van der Waals surface area (Å²) in [6, 6.07) is 6.69. The number of anilines is 2. The molecule has 26 heavy (non-hydrogen) atoms. The molecule has 0 unspecified atom stereocenters. The van der Waals surface area contributed by atoms with Crippen molar-refractivity contribution in [2.75, 3.05) is 36.4 Å². The highest BCUT2D eigenvalue weighted by atomic mass is 35.5. The number of halogens is 1. The summed E-state index contributed by atoms with van der Waals surface area (Å²) in [5.74, 6) is 0.385. The van der Waals surface area contributed by atoms with Crippen LogP contribution in [0.3, 0.4) is 0 Å². The Bertz CT molecular complexity index is 791. The van der Waals surface area contributed by atoms with Crippen molar-refractivity contribution >= 4 is 35.1 Å². The Hall–Kier alpha value is -2.67. The zero-order chi connectivity index (χ0) is 18.5. The smallest absolute Gasteiger partial charge is 0.256 e. The molecule has 0 radical (unpaired) electrons. The number of amides is 2. The van der Waals surface area contributed by atoms with Crippen LogP contribution in [0.15, 0.2) is 36.7 Å². The molecule has 2 aromatic rings. The van der Waals surface area contributed by atoms with Gasteiger partial charge >= 0.3 is 0 Å². The fourth-order valence-electron chi connectivity index (χ4n) is 2.78.